The fourth-order valence-corrected chi connectivity index (χ4v) is 2.92. The summed E-state index contributed by atoms with van der Waals surface area (Å²) in [6.07, 6.45) is 9.01. The van der Waals surface area contributed by atoms with Crippen molar-refractivity contribution in [3.63, 3.8) is 0 Å². The second-order valence-corrected chi connectivity index (χ2v) is 5.61. The zero-order chi connectivity index (χ0) is 9.47. The highest BCUT2D eigenvalue weighted by Crippen LogP contribution is 2.47. The molecule has 0 aromatic carbocycles. The number of fused-ring (bicyclic) bond motifs is 2. The minimum atomic E-state index is 0.350. The molecule has 0 amide bonds. The van der Waals surface area contributed by atoms with Gasteiger partial charge in [0, 0.05) is 0 Å². The van der Waals surface area contributed by atoms with Crippen LogP contribution in [0.3, 0.4) is 0 Å². The molecule has 0 spiro atoms. The molecular formula is C12H21N. The van der Waals surface area contributed by atoms with Crippen LogP contribution in [0.4, 0.5) is 0 Å². The van der Waals surface area contributed by atoms with Gasteiger partial charge >= 0.3 is 0 Å². The lowest BCUT2D eigenvalue weighted by Crippen LogP contribution is -2.27. The first-order valence-electron chi connectivity index (χ1n) is 5.49. The summed E-state index contributed by atoms with van der Waals surface area (Å²) < 4.78 is 0. The first kappa shape index (κ1) is 9.26. The molecule has 0 radical (unpaired) electrons. The van der Waals surface area contributed by atoms with Crippen molar-refractivity contribution >= 4 is 0 Å². The Bertz CT molecular complexity index is 217. The fraction of sp³-hybridized carbons (Fsp3) is 0.833. The Hall–Kier alpha value is -0.300. The molecule has 2 aliphatic rings. The van der Waals surface area contributed by atoms with Gasteiger partial charge in [-0.3, -0.25) is 0 Å². The van der Waals surface area contributed by atoms with Crippen LogP contribution in [0, 0.1) is 23.2 Å². The number of hydrogen-bond donors (Lipinski definition) is 1. The Morgan fingerprint density at radius 3 is 2.54 bits per heavy atom. The lowest BCUT2D eigenvalue weighted by Gasteiger charge is -2.29. The van der Waals surface area contributed by atoms with Crippen LogP contribution in [0.2, 0.25) is 0 Å². The summed E-state index contributed by atoms with van der Waals surface area (Å²) in [6.45, 7) is 5.41. The lowest BCUT2D eigenvalue weighted by atomic mass is 9.78. The summed E-state index contributed by atoms with van der Waals surface area (Å²) >= 11 is 0. The minimum Gasteiger partial charge on any atom is -0.330 e. The van der Waals surface area contributed by atoms with Gasteiger partial charge in [0.1, 0.15) is 0 Å². The van der Waals surface area contributed by atoms with Gasteiger partial charge in [-0.25, -0.2) is 0 Å². The van der Waals surface area contributed by atoms with Crippen LogP contribution < -0.4 is 5.73 Å². The highest BCUT2D eigenvalue weighted by molar-refractivity contribution is 5.10. The van der Waals surface area contributed by atoms with E-state index in [2.05, 4.69) is 26.0 Å². The van der Waals surface area contributed by atoms with Gasteiger partial charge in [-0.2, -0.15) is 0 Å². The largest absolute Gasteiger partial charge is 0.330 e. The van der Waals surface area contributed by atoms with Crippen molar-refractivity contribution in [2.75, 3.05) is 6.54 Å². The van der Waals surface area contributed by atoms with E-state index in [1.165, 1.54) is 19.3 Å². The van der Waals surface area contributed by atoms with Crippen molar-refractivity contribution in [3.8, 4) is 0 Å². The van der Waals surface area contributed by atoms with E-state index in [-0.39, 0.29) is 0 Å². The van der Waals surface area contributed by atoms with Crippen molar-refractivity contribution in [2.45, 2.75) is 33.1 Å². The maximum absolute atomic E-state index is 5.76. The zero-order valence-corrected chi connectivity index (χ0v) is 8.79. The van der Waals surface area contributed by atoms with Crippen LogP contribution in [-0.2, 0) is 0 Å². The van der Waals surface area contributed by atoms with E-state index in [0.717, 1.165) is 24.3 Å². The quantitative estimate of drug-likeness (QED) is 0.662. The van der Waals surface area contributed by atoms with Crippen LogP contribution in [-0.4, -0.2) is 6.54 Å². The van der Waals surface area contributed by atoms with Gasteiger partial charge in [-0.1, -0.05) is 26.0 Å². The predicted octanol–water partition coefficient (Wildman–Crippen LogP) is 2.57. The third-order valence-electron chi connectivity index (χ3n) is 3.78. The molecule has 0 heterocycles. The van der Waals surface area contributed by atoms with Gasteiger partial charge in [0.25, 0.3) is 0 Å². The van der Waals surface area contributed by atoms with Crippen LogP contribution in [0.5, 0.6) is 0 Å². The van der Waals surface area contributed by atoms with E-state index in [9.17, 15) is 0 Å². The predicted molar refractivity (Wildman–Crippen MR) is 56.3 cm³/mol. The van der Waals surface area contributed by atoms with Crippen molar-refractivity contribution in [2.24, 2.45) is 28.9 Å². The van der Waals surface area contributed by atoms with Gasteiger partial charge in [0.2, 0.25) is 0 Å². The molecule has 74 valence electrons. The monoisotopic (exact) mass is 179 g/mol. The molecule has 3 unspecified atom stereocenters. The summed E-state index contributed by atoms with van der Waals surface area (Å²) in [5, 5.41) is 0. The molecule has 2 aliphatic carbocycles. The van der Waals surface area contributed by atoms with Crippen LogP contribution in [0.1, 0.15) is 33.1 Å². The van der Waals surface area contributed by atoms with E-state index < -0.39 is 0 Å². The van der Waals surface area contributed by atoms with Gasteiger partial charge in [0.15, 0.2) is 0 Å². The lowest BCUT2D eigenvalue weighted by molar-refractivity contribution is 0.250. The van der Waals surface area contributed by atoms with Crippen LogP contribution >= 0.6 is 0 Å². The summed E-state index contributed by atoms with van der Waals surface area (Å²) in [4.78, 5) is 0. The fourth-order valence-electron chi connectivity index (χ4n) is 2.92. The Morgan fingerprint density at radius 2 is 2.08 bits per heavy atom. The number of nitrogens with two attached hydrogens (primary N) is 1. The number of allylic oxidation sites excluding steroid dienone is 2. The summed E-state index contributed by atoms with van der Waals surface area (Å²) in [7, 11) is 0. The van der Waals surface area contributed by atoms with Crippen molar-refractivity contribution in [1.29, 1.82) is 0 Å². The van der Waals surface area contributed by atoms with E-state index >= 15 is 0 Å². The SMILES string of the molecule is CC(C)(CN)CC1CC2C=CC1C2. The Labute approximate surface area is 81.4 Å². The molecule has 2 bridgehead atoms. The molecule has 13 heavy (non-hydrogen) atoms. The summed E-state index contributed by atoms with van der Waals surface area (Å²) in [5.41, 5.74) is 6.11. The second-order valence-electron chi connectivity index (χ2n) is 5.61. The van der Waals surface area contributed by atoms with E-state index in [4.69, 9.17) is 5.73 Å². The summed E-state index contributed by atoms with van der Waals surface area (Å²) in [6, 6.07) is 0. The van der Waals surface area contributed by atoms with E-state index in [0.29, 0.717) is 5.41 Å². The molecule has 1 nitrogen and oxygen atoms in total. The van der Waals surface area contributed by atoms with Crippen LogP contribution in [0.15, 0.2) is 12.2 Å². The maximum atomic E-state index is 5.76. The Balaban J connectivity index is 1.94. The summed E-state index contributed by atoms with van der Waals surface area (Å²) in [5.74, 6) is 2.72. The zero-order valence-electron chi connectivity index (χ0n) is 8.79. The van der Waals surface area contributed by atoms with Crippen LogP contribution in [0.25, 0.3) is 0 Å². The molecule has 0 aromatic heterocycles. The van der Waals surface area contributed by atoms with Gasteiger partial charge in [0.05, 0.1) is 0 Å². The minimum absolute atomic E-state index is 0.350. The molecule has 0 aliphatic heterocycles. The van der Waals surface area contributed by atoms with Gasteiger partial charge in [-0.15, -0.1) is 0 Å². The highest BCUT2D eigenvalue weighted by Gasteiger charge is 2.37. The molecule has 1 saturated carbocycles. The normalized spacial score (nSPS) is 37.3. The standard InChI is InChI=1S/C12H21N/c1-12(2,8-13)7-11-6-9-3-4-10(11)5-9/h3-4,9-11H,5-8,13H2,1-2H3. The third kappa shape index (κ3) is 1.80. The highest BCUT2D eigenvalue weighted by atomic mass is 14.6. The molecule has 3 atom stereocenters. The van der Waals surface area contributed by atoms with Crippen molar-refractivity contribution < 1.29 is 0 Å². The smallest absolute Gasteiger partial charge is 0.00257 e. The molecular weight excluding hydrogens is 158 g/mol. The van der Waals surface area contributed by atoms with Crippen molar-refractivity contribution in [3.05, 3.63) is 12.2 Å². The topological polar surface area (TPSA) is 26.0 Å². The Kier molecular flexibility index (Phi) is 2.23. The van der Waals surface area contributed by atoms with E-state index in [1.54, 1.807) is 0 Å². The first-order chi connectivity index (χ1) is 6.11. The first-order valence-corrected chi connectivity index (χ1v) is 5.49. The number of rotatable bonds is 3. The average Bonchev–Trinajstić information content (AvgIpc) is 2.64. The molecule has 0 aromatic rings. The van der Waals surface area contributed by atoms with Crippen molar-refractivity contribution in [1.82, 2.24) is 0 Å². The van der Waals surface area contributed by atoms with E-state index in [1.807, 2.05) is 0 Å². The molecule has 2 N–H and O–H groups in total. The average molecular weight is 179 g/mol. The van der Waals surface area contributed by atoms with Gasteiger partial charge < -0.3 is 5.73 Å². The second kappa shape index (κ2) is 3.13. The molecule has 2 rings (SSSR count). The Morgan fingerprint density at radius 1 is 1.31 bits per heavy atom. The molecule has 1 heteroatoms. The number of hydrogen-bond acceptors (Lipinski definition) is 1. The molecule has 0 saturated heterocycles. The maximum Gasteiger partial charge on any atom is -0.00257 e. The van der Waals surface area contributed by atoms with Gasteiger partial charge in [-0.05, 0) is 49.0 Å². The third-order valence-corrected chi connectivity index (χ3v) is 3.78. The molecule has 1 fully saturated rings.